The Morgan fingerprint density at radius 2 is 2.24 bits per heavy atom. The van der Waals surface area contributed by atoms with Gasteiger partial charge in [0.15, 0.2) is 9.84 Å². The van der Waals surface area contributed by atoms with Crippen LogP contribution >= 0.6 is 11.8 Å². The van der Waals surface area contributed by atoms with Crippen LogP contribution in [0.15, 0.2) is 0 Å². The summed E-state index contributed by atoms with van der Waals surface area (Å²) in [6.07, 6.45) is 4.12. The van der Waals surface area contributed by atoms with Crippen molar-refractivity contribution in [3.63, 3.8) is 0 Å². The first-order chi connectivity index (χ1) is 9.99. The van der Waals surface area contributed by atoms with Gasteiger partial charge in [0.25, 0.3) is 0 Å². The molecule has 2 fully saturated rings. The van der Waals surface area contributed by atoms with Gasteiger partial charge in [-0.05, 0) is 25.7 Å². The molecule has 0 aromatic rings. The first kappa shape index (κ1) is 17.5. The largest absolute Gasteiger partial charge is 0.381 e. The lowest BCUT2D eigenvalue weighted by Gasteiger charge is -2.52. The molecule has 21 heavy (non-hydrogen) atoms. The molecule has 1 aliphatic heterocycles. The third kappa shape index (κ3) is 3.58. The zero-order chi connectivity index (χ0) is 15.5. The van der Waals surface area contributed by atoms with Crippen LogP contribution in [0.2, 0.25) is 0 Å². The lowest BCUT2D eigenvalue weighted by molar-refractivity contribution is -0.0240. The van der Waals surface area contributed by atoms with Gasteiger partial charge in [-0.15, -0.1) is 0 Å². The van der Waals surface area contributed by atoms with Crippen molar-refractivity contribution in [3.05, 3.63) is 0 Å². The minimum atomic E-state index is -3.08. The standard InChI is InChI=1S/C14H28N2O3S2/c1-3-21(17,18)13-10-20-8-7-16(13)14(11-15)6-4-5-12(9-14)19-2/h12-13H,3-11,15H2,1-2H3. The lowest BCUT2D eigenvalue weighted by atomic mass is 9.78. The molecule has 1 heterocycles. The average Bonchev–Trinajstić information content (AvgIpc) is 2.54. The molecule has 0 bridgehead atoms. The Kier molecular flexibility index (Phi) is 5.99. The predicted molar refractivity (Wildman–Crippen MR) is 88.3 cm³/mol. The molecule has 1 saturated carbocycles. The van der Waals surface area contributed by atoms with Crippen LogP contribution in [-0.2, 0) is 14.6 Å². The van der Waals surface area contributed by atoms with Gasteiger partial charge in [0.05, 0.1) is 6.10 Å². The molecule has 0 aromatic carbocycles. The number of ether oxygens (including phenoxy) is 1. The molecule has 2 rings (SSSR count). The summed E-state index contributed by atoms with van der Waals surface area (Å²) in [5.74, 6) is 1.84. The Labute approximate surface area is 132 Å². The highest BCUT2D eigenvalue weighted by Crippen LogP contribution is 2.38. The topological polar surface area (TPSA) is 72.6 Å². The van der Waals surface area contributed by atoms with E-state index in [9.17, 15) is 8.42 Å². The Hall–Kier alpha value is 0.180. The number of rotatable bonds is 5. The highest BCUT2D eigenvalue weighted by atomic mass is 32.2. The first-order valence-electron chi connectivity index (χ1n) is 7.78. The van der Waals surface area contributed by atoms with Gasteiger partial charge in [-0.2, -0.15) is 11.8 Å². The average molecular weight is 337 g/mol. The third-order valence-electron chi connectivity index (χ3n) is 5.00. The van der Waals surface area contributed by atoms with E-state index in [1.54, 1.807) is 25.8 Å². The van der Waals surface area contributed by atoms with E-state index in [-0.39, 0.29) is 22.8 Å². The highest BCUT2D eigenvalue weighted by molar-refractivity contribution is 8.01. The Balaban J connectivity index is 2.29. The number of methoxy groups -OCH3 is 1. The lowest BCUT2D eigenvalue weighted by Crippen LogP contribution is -2.64. The molecule has 2 N–H and O–H groups in total. The molecule has 7 heteroatoms. The summed E-state index contributed by atoms with van der Waals surface area (Å²) < 4.78 is 30.5. The molecule has 3 atom stereocenters. The van der Waals surface area contributed by atoms with E-state index in [1.807, 2.05) is 0 Å². The molecule has 0 amide bonds. The van der Waals surface area contributed by atoms with E-state index in [2.05, 4.69) is 4.90 Å². The van der Waals surface area contributed by atoms with Gasteiger partial charge in [0, 0.05) is 43.0 Å². The number of sulfone groups is 1. The zero-order valence-electron chi connectivity index (χ0n) is 13.1. The summed E-state index contributed by atoms with van der Waals surface area (Å²) >= 11 is 1.74. The van der Waals surface area contributed by atoms with Crippen LogP contribution < -0.4 is 5.73 Å². The minimum absolute atomic E-state index is 0.196. The second-order valence-electron chi connectivity index (χ2n) is 6.06. The molecule has 0 radical (unpaired) electrons. The maximum Gasteiger partial charge on any atom is 0.166 e. The van der Waals surface area contributed by atoms with Gasteiger partial charge in [-0.3, -0.25) is 4.90 Å². The van der Waals surface area contributed by atoms with Gasteiger partial charge >= 0.3 is 0 Å². The molecule has 1 aliphatic carbocycles. The molecule has 124 valence electrons. The number of hydrogen-bond donors (Lipinski definition) is 1. The Morgan fingerprint density at radius 1 is 1.48 bits per heavy atom. The van der Waals surface area contributed by atoms with E-state index in [4.69, 9.17) is 10.5 Å². The van der Waals surface area contributed by atoms with Crippen LogP contribution in [0, 0.1) is 0 Å². The normalized spacial score (nSPS) is 35.8. The van der Waals surface area contributed by atoms with E-state index < -0.39 is 9.84 Å². The predicted octanol–water partition coefficient (Wildman–Crippen LogP) is 1.08. The molecule has 2 aliphatic rings. The third-order valence-corrected chi connectivity index (χ3v) is 8.29. The smallest absolute Gasteiger partial charge is 0.166 e. The molecule has 0 spiro atoms. The highest BCUT2D eigenvalue weighted by Gasteiger charge is 2.47. The van der Waals surface area contributed by atoms with Crippen LogP contribution in [0.5, 0.6) is 0 Å². The zero-order valence-corrected chi connectivity index (χ0v) is 14.7. The molecular weight excluding hydrogens is 308 g/mol. The SMILES string of the molecule is CCS(=O)(=O)C1CSCCN1C1(CN)CCCC(OC)C1. The summed E-state index contributed by atoms with van der Waals surface area (Å²) in [7, 11) is -1.34. The fraction of sp³-hybridized carbons (Fsp3) is 1.00. The van der Waals surface area contributed by atoms with Crippen molar-refractivity contribution in [1.82, 2.24) is 4.90 Å². The second kappa shape index (κ2) is 7.17. The quantitative estimate of drug-likeness (QED) is 0.810. The van der Waals surface area contributed by atoms with E-state index in [0.29, 0.717) is 12.3 Å². The fourth-order valence-electron chi connectivity index (χ4n) is 3.66. The van der Waals surface area contributed by atoms with Crippen LogP contribution in [0.4, 0.5) is 0 Å². The number of hydrogen-bond acceptors (Lipinski definition) is 6. The Morgan fingerprint density at radius 3 is 2.86 bits per heavy atom. The van der Waals surface area contributed by atoms with Crippen molar-refractivity contribution in [1.29, 1.82) is 0 Å². The summed E-state index contributed by atoms with van der Waals surface area (Å²) in [6.45, 7) is 3.05. The van der Waals surface area contributed by atoms with Crippen LogP contribution in [0.25, 0.3) is 0 Å². The van der Waals surface area contributed by atoms with Crippen molar-refractivity contribution < 1.29 is 13.2 Å². The number of nitrogens with two attached hydrogens (primary N) is 1. The summed E-state index contributed by atoms with van der Waals surface area (Å²) in [6, 6.07) is 0. The van der Waals surface area contributed by atoms with Crippen molar-refractivity contribution >= 4 is 21.6 Å². The first-order valence-corrected chi connectivity index (χ1v) is 10.6. The summed E-state index contributed by atoms with van der Waals surface area (Å²) in [5, 5.41) is -0.389. The summed E-state index contributed by atoms with van der Waals surface area (Å²) in [4.78, 5) is 2.20. The van der Waals surface area contributed by atoms with Crippen LogP contribution in [0.1, 0.15) is 32.6 Å². The van der Waals surface area contributed by atoms with E-state index in [1.165, 1.54) is 0 Å². The van der Waals surface area contributed by atoms with Crippen LogP contribution in [-0.4, -0.2) is 67.8 Å². The van der Waals surface area contributed by atoms with Gasteiger partial charge < -0.3 is 10.5 Å². The van der Waals surface area contributed by atoms with Gasteiger partial charge in [-0.1, -0.05) is 6.92 Å². The minimum Gasteiger partial charge on any atom is -0.381 e. The van der Waals surface area contributed by atoms with E-state index in [0.717, 1.165) is 38.0 Å². The van der Waals surface area contributed by atoms with Gasteiger partial charge in [-0.25, -0.2) is 8.42 Å². The van der Waals surface area contributed by atoms with Crippen molar-refractivity contribution in [2.45, 2.75) is 49.6 Å². The maximum absolute atomic E-state index is 12.5. The fourth-order valence-corrected chi connectivity index (χ4v) is 6.76. The molecular formula is C14H28N2O3S2. The van der Waals surface area contributed by atoms with Gasteiger partial charge in [0.2, 0.25) is 0 Å². The number of thioether (sulfide) groups is 1. The second-order valence-corrected chi connectivity index (χ2v) is 9.65. The molecule has 0 aromatic heterocycles. The molecule has 3 unspecified atom stereocenters. The number of nitrogens with zero attached hydrogens (tertiary/aromatic N) is 1. The van der Waals surface area contributed by atoms with Crippen molar-refractivity contribution in [3.8, 4) is 0 Å². The van der Waals surface area contributed by atoms with Crippen molar-refractivity contribution in [2.75, 3.05) is 37.5 Å². The monoisotopic (exact) mass is 336 g/mol. The maximum atomic E-state index is 12.5. The van der Waals surface area contributed by atoms with Crippen LogP contribution in [0.3, 0.4) is 0 Å². The van der Waals surface area contributed by atoms with Gasteiger partial charge in [0.1, 0.15) is 5.37 Å². The Bertz CT molecular complexity index is 444. The van der Waals surface area contributed by atoms with Crippen molar-refractivity contribution in [2.24, 2.45) is 5.73 Å². The van der Waals surface area contributed by atoms with E-state index >= 15 is 0 Å². The summed E-state index contributed by atoms with van der Waals surface area (Å²) in [5.41, 5.74) is 5.92. The molecule has 1 saturated heterocycles. The molecule has 5 nitrogen and oxygen atoms in total.